The summed E-state index contributed by atoms with van der Waals surface area (Å²) in [7, 11) is 1.37. The maximum atomic E-state index is 11.2. The first-order chi connectivity index (χ1) is 6.16. The Morgan fingerprint density at radius 3 is 2.62 bits per heavy atom. The van der Waals surface area contributed by atoms with Gasteiger partial charge in [0.05, 0.1) is 13.0 Å². The molecule has 13 heavy (non-hydrogen) atoms. The maximum Gasteiger partial charge on any atom is 0.312 e. The largest absolute Gasteiger partial charge is 0.469 e. The molecule has 1 aromatic rings. The van der Waals surface area contributed by atoms with Crippen molar-refractivity contribution < 1.29 is 9.53 Å². The lowest BCUT2D eigenvalue weighted by Crippen LogP contribution is -2.12. The summed E-state index contributed by atoms with van der Waals surface area (Å²) in [5.74, 6) is -0.566. The van der Waals surface area contributed by atoms with Crippen LogP contribution in [-0.4, -0.2) is 13.1 Å². The van der Waals surface area contributed by atoms with E-state index >= 15 is 0 Å². The van der Waals surface area contributed by atoms with Crippen molar-refractivity contribution in [2.24, 2.45) is 0 Å². The third kappa shape index (κ3) is 1.99. The van der Waals surface area contributed by atoms with Gasteiger partial charge in [0.2, 0.25) is 0 Å². The zero-order chi connectivity index (χ0) is 9.84. The van der Waals surface area contributed by atoms with E-state index < -0.39 is 0 Å². The average molecular weight is 179 g/mol. The van der Waals surface area contributed by atoms with Crippen LogP contribution in [0, 0.1) is 0 Å². The Hall–Kier alpha value is -1.51. The van der Waals surface area contributed by atoms with Gasteiger partial charge < -0.3 is 10.5 Å². The van der Waals surface area contributed by atoms with E-state index in [1.54, 1.807) is 13.0 Å². The minimum atomic E-state index is -0.300. The van der Waals surface area contributed by atoms with Gasteiger partial charge in [-0.15, -0.1) is 0 Å². The molecule has 0 aliphatic carbocycles. The summed E-state index contributed by atoms with van der Waals surface area (Å²) >= 11 is 0. The number of hydrogen-bond donors (Lipinski definition) is 1. The van der Waals surface area contributed by atoms with Crippen LogP contribution >= 0.6 is 0 Å². The SMILES string of the molecule is COC(=O)C(C)c1ccccc1N. The van der Waals surface area contributed by atoms with Crippen molar-refractivity contribution in [1.82, 2.24) is 0 Å². The molecule has 2 N–H and O–H groups in total. The number of carbonyl (C=O) groups excluding carboxylic acids is 1. The van der Waals surface area contributed by atoms with Gasteiger partial charge in [0.25, 0.3) is 0 Å². The van der Waals surface area contributed by atoms with Crippen LogP contribution in [0.1, 0.15) is 18.4 Å². The summed E-state index contributed by atoms with van der Waals surface area (Å²) in [6, 6.07) is 7.29. The molecule has 0 saturated carbocycles. The molecule has 0 heterocycles. The highest BCUT2D eigenvalue weighted by atomic mass is 16.5. The summed E-state index contributed by atoms with van der Waals surface area (Å²) in [5, 5.41) is 0. The Balaban J connectivity index is 2.95. The summed E-state index contributed by atoms with van der Waals surface area (Å²) < 4.78 is 4.63. The van der Waals surface area contributed by atoms with E-state index in [-0.39, 0.29) is 11.9 Å². The van der Waals surface area contributed by atoms with Crippen LogP contribution < -0.4 is 5.73 Å². The first-order valence-corrected chi connectivity index (χ1v) is 4.09. The Morgan fingerprint density at radius 1 is 1.46 bits per heavy atom. The lowest BCUT2D eigenvalue weighted by atomic mass is 10.00. The fraction of sp³-hybridized carbons (Fsp3) is 0.300. The van der Waals surface area contributed by atoms with Crippen LogP contribution in [0.3, 0.4) is 0 Å². The van der Waals surface area contributed by atoms with Crippen molar-refractivity contribution in [3.05, 3.63) is 29.8 Å². The number of methoxy groups -OCH3 is 1. The van der Waals surface area contributed by atoms with Gasteiger partial charge in [0.1, 0.15) is 0 Å². The number of benzene rings is 1. The number of ether oxygens (including phenoxy) is 1. The molecule has 0 bridgehead atoms. The van der Waals surface area contributed by atoms with E-state index in [2.05, 4.69) is 4.74 Å². The minimum absolute atomic E-state index is 0.266. The highest BCUT2D eigenvalue weighted by molar-refractivity contribution is 5.79. The van der Waals surface area contributed by atoms with Crippen LogP contribution in [0.15, 0.2) is 24.3 Å². The van der Waals surface area contributed by atoms with Crippen molar-refractivity contribution in [1.29, 1.82) is 0 Å². The van der Waals surface area contributed by atoms with Gasteiger partial charge >= 0.3 is 5.97 Å². The predicted octanol–water partition coefficient (Wildman–Crippen LogP) is 1.55. The number of anilines is 1. The first kappa shape index (κ1) is 9.58. The van der Waals surface area contributed by atoms with E-state index in [0.29, 0.717) is 5.69 Å². The summed E-state index contributed by atoms with van der Waals surface area (Å²) in [6.07, 6.45) is 0. The van der Waals surface area contributed by atoms with E-state index in [1.807, 2.05) is 18.2 Å². The van der Waals surface area contributed by atoms with Crippen molar-refractivity contribution in [3.63, 3.8) is 0 Å². The van der Waals surface area contributed by atoms with Gasteiger partial charge in [-0.25, -0.2) is 0 Å². The number of nitrogens with two attached hydrogens (primary N) is 1. The minimum Gasteiger partial charge on any atom is -0.469 e. The molecule has 1 aromatic carbocycles. The first-order valence-electron chi connectivity index (χ1n) is 4.09. The zero-order valence-corrected chi connectivity index (χ0v) is 7.78. The standard InChI is InChI=1S/C10H13NO2/c1-7(10(12)13-2)8-5-3-4-6-9(8)11/h3-7H,11H2,1-2H3. The summed E-state index contributed by atoms with van der Waals surface area (Å²) in [5.41, 5.74) is 7.15. The second-order valence-electron chi connectivity index (χ2n) is 2.87. The van der Waals surface area contributed by atoms with Crippen molar-refractivity contribution in [2.75, 3.05) is 12.8 Å². The van der Waals surface area contributed by atoms with Crippen LogP contribution in [0.25, 0.3) is 0 Å². The highest BCUT2D eigenvalue weighted by Crippen LogP contribution is 2.22. The molecule has 0 fully saturated rings. The second kappa shape index (κ2) is 3.94. The van der Waals surface area contributed by atoms with Gasteiger partial charge in [0.15, 0.2) is 0 Å². The molecule has 3 heteroatoms. The lowest BCUT2D eigenvalue weighted by molar-refractivity contribution is -0.141. The second-order valence-corrected chi connectivity index (χ2v) is 2.87. The molecular formula is C10H13NO2. The normalized spacial score (nSPS) is 12.2. The number of hydrogen-bond acceptors (Lipinski definition) is 3. The third-order valence-electron chi connectivity index (χ3n) is 2.02. The number of nitrogen functional groups attached to an aromatic ring is 1. The summed E-state index contributed by atoms with van der Waals surface area (Å²) in [6.45, 7) is 1.78. The van der Waals surface area contributed by atoms with Gasteiger partial charge in [-0.05, 0) is 18.6 Å². The molecule has 3 nitrogen and oxygen atoms in total. The predicted molar refractivity (Wildman–Crippen MR) is 51.3 cm³/mol. The third-order valence-corrected chi connectivity index (χ3v) is 2.02. The van der Waals surface area contributed by atoms with Crippen LogP contribution in [-0.2, 0) is 9.53 Å². The van der Waals surface area contributed by atoms with Crippen molar-refractivity contribution in [3.8, 4) is 0 Å². The fourth-order valence-electron chi connectivity index (χ4n) is 1.21. The van der Waals surface area contributed by atoms with E-state index in [9.17, 15) is 4.79 Å². The Bertz CT molecular complexity index is 310. The number of para-hydroxylation sites is 1. The molecule has 0 saturated heterocycles. The van der Waals surface area contributed by atoms with Crippen molar-refractivity contribution in [2.45, 2.75) is 12.8 Å². The molecular weight excluding hydrogens is 166 g/mol. The average Bonchev–Trinajstić information content (AvgIpc) is 2.16. The van der Waals surface area contributed by atoms with Gasteiger partial charge in [-0.2, -0.15) is 0 Å². The highest BCUT2D eigenvalue weighted by Gasteiger charge is 2.16. The smallest absolute Gasteiger partial charge is 0.312 e. The maximum absolute atomic E-state index is 11.2. The van der Waals surface area contributed by atoms with Crippen LogP contribution in [0.4, 0.5) is 5.69 Å². The molecule has 1 atom stereocenters. The van der Waals surface area contributed by atoms with Crippen LogP contribution in [0.2, 0.25) is 0 Å². The van der Waals surface area contributed by atoms with Crippen LogP contribution in [0.5, 0.6) is 0 Å². The molecule has 70 valence electrons. The molecule has 0 radical (unpaired) electrons. The molecule has 0 aliphatic heterocycles. The molecule has 1 rings (SSSR count). The van der Waals surface area contributed by atoms with E-state index in [4.69, 9.17) is 5.73 Å². The Kier molecular flexibility index (Phi) is 2.90. The summed E-state index contributed by atoms with van der Waals surface area (Å²) in [4.78, 5) is 11.2. The lowest BCUT2D eigenvalue weighted by Gasteiger charge is -2.11. The molecule has 0 aromatic heterocycles. The molecule has 0 aliphatic rings. The monoisotopic (exact) mass is 179 g/mol. The number of esters is 1. The topological polar surface area (TPSA) is 52.3 Å². The number of rotatable bonds is 2. The van der Waals surface area contributed by atoms with E-state index in [1.165, 1.54) is 7.11 Å². The molecule has 1 unspecified atom stereocenters. The quantitative estimate of drug-likeness (QED) is 0.553. The number of carbonyl (C=O) groups is 1. The van der Waals surface area contributed by atoms with Gasteiger partial charge in [0, 0.05) is 5.69 Å². The van der Waals surface area contributed by atoms with Crippen molar-refractivity contribution >= 4 is 11.7 Å². The molecule has 0 amide bonds. The Morgan fingerprint density at radius 2 is 2.08 bits per heavy atom. The molecule has 0 spiro atoms. The zero-order valence-electron chi connectivity index (χ0n) is 7.78. The van der Waals surface area contributed by atoms with E-state index in [0.717, 1.165) is 5.56 Å². The van der Waals surface area contributed by atoms with Gasteiger partial charge in [-0.1, -0.05) is 18.2 Å². The fourth-order valence-corrected chi connectivity index (χ4v) is 1.21. The Labute approximate surface area is 77.5 Å². The van der Waals surface area contributed by atoms with Gasteiger partial charge in [-0.3, -0.25) is 4.79 Å².